The number of hydrogen-bond donors (Lipinski definition) is 2. The number of para-hydroxylation sites is 1. The number of hydrogen-bond acceptors (Lipinski definition) is 3. The Kier molecular flexibility index (Phi) is 5.60. The minimum absolute atomic E-state index is 0.0564. The first-order valence-electron chi connectivity index (χ1n) is 10.6. The van der Waals surface area contributed by atoms with E-state index in [1.54, 1.807) is 0 Å². The van der Waals surface area contributed by atoms with Crippen molar-refractivity contribution in [3.63, 3.8) is 0 Å². The lowest BCUT2D eigenvalue weighted by Crippen LogP contribution is -2.37. The van der Waals surface area contributed by atoms with Gasteiger partial charge in [0.2, 0.25) is 5.91 Å². The van der Waals surface area contributed by atoms with Crippen molar-refractivity contribution in [2.45, 2.75) is 51.9 Å². The first-order chi connectivity index (χ1) is 13.6. The zero-order valence-electron chi connectivity index (χ0n) is 16.6. The van der Waals surface area contributed by atoms with E-state index in [0.29, 0.717) is 19.0 Å². The summed E-state index contributed by atoms with van der Waals surface area (Å²) >= 11 is 0. The lowest BCUT2D eigenvalue weighted by Gasteiger charge is -2.24. The Bertz CT molecular complexity index is 887. The number of rotatable bonds is 5. The van der Waals surface area contributed by atoms with Crippen molar-refractivity contribution in [3.8, 4) is 0 Å². The van der Waals surface area contributed by atoms with Crippen LogP contribution in [0.1, 0.15) is 60.6 Å². The molecule has 1 fully saturated rings. The number of nitrogens with one attached hydrogen (secondary N) is 2. The number of carbonyl (C=O) groups excluding carboxylic acids is 2. The summed E-state index contributed by atoms with van der Waals surface area (Å²) in [6.07, 6.45) is 7.22. The van der Waals surface area contributed by atoms with E-state index in [0.717, 1.165) is 72.7 Å². The average Bonchev–Trinajstić information content (AvgIpc) is 3.24. The minimum atomic E-state index is -0.0564. The molecule has 1 unspecified atom stereocenters. The molecule has 1 heterocycles. The summed E-state index contributed by atoms with van der Waals surface area (Å²) < 4.78 is 0. The van der Waals surface area contributed by atoms with Crippen LogP contribution in [0.2, 0.25) is 0 Å². The van der Waals surface area contributed by atoms with Crippen LogP contribution in [0.15, 0.2) is 24.3 Å². The first kappa shape index (κ1) is 18.9. The number of fused-ring (bicyclic) bond motifs is 2. The molecular weight excluding hydrogens is 350 g/mol. The quantitative estimate of drug-likeness (QED) is 0.782. The van der Waals surface area contributed by atoms with E-state index in [9.17, 15) is 9.59 Å². The van der Waals surface area contributed by atoms with Crippen LogP contribution in [-0.4, -0.2) is 29.9 Å². The maximum atomic E-state index is 13.1. The number of aryl methyl sites for hydroxylation is 1. The lowest BCUT2D eigenvalue weighted by molar-refractivity contribution is -0.124. The lowest BCUT2D eigenvalue weighted by atomic mass is 9.84. The van der Waals surface area contributed by atoms with E-state index in [4.69, 9.17) is 4.98 Å². The van der Waals surface area contributed by atoms with Crippen molar-refractivity contribution in [1.82, 2.24) is 15.6 Å². The standard InChI is InChI=1S/C23H29N3O2/c1-15-10-11-20-18(14-15)21(17-8-4-5-9-19(17)26-20)23(28)25-13-12-24-22(27)16-6-2-3-7-16/h4-5,8-9,15-16H,2-3,6-7,10-14H2,1H3,(H,24,27)(H,25,28). The summed E-state index contributed by atoms with van der Waals surface area (Å²) in [5, 5.41) is 6.91. The number of benzene rings is 1. The normalized spacial score (nSPS) is 19.4. The van der Waals surface area contributed by atoms with Gasteiger partial charge in [0.25, 0.3) is 5.91 Å². The number of nitrogens with zero attached hydrogens (tertiary/aromatic N) is 1. The molecule has 2 amide bonds. The zero-order chi connectivity index (χ0) is 19.5. The fourth-order valence-electron chi connectivity index (χ4n) is 4.60. The molecule has 2 N–H and O–H groups in total. The van der Waals surface area contributed by atoms with Gasteiger partial charge in [-0.3, -0.25) is 14.6 Å². The maximum Gasteiger partial charge on any atom is 0.252 e. The van der Waals surface area contributed by atoms with Gasteiger partial charge in [-0.05, 0) is 49.7 Å². The smallest absolute Gasteiger partial charge is 0.252 e. The molecule has 5 heteroatoms. The Morgan fingerprint density at radius 1 is 1.07 bits per heavy atom. The molecule has 1 aromatic heterocycles. The molecule has 0 spiro atoms. The van der Waals surface area contributed by atoms with E-state index in [1.807, 2.05) is 24.3 Å². The average molecular weight is 380 g/mol. The zero-order valence-corrected chi connectivity index (χ0v) is 16.6. The van der Waals surface area contributed by atoms with E-state index >= 15 is 0 Å². The Morgan fingerprint density at radius 3 is 2.64 bits per heavy atom. The monoisotopic (exact) mass is 379 g/mol. The highest BCUT2D eigenvalue weighted by Crippen LogP contribution is 2.31. The van der Waals surface area contributed by atoms with Crippen LogP contribution >= 0.6 is 0 Å². The van der Waals surface area contributed by atoms with Gasteiger partial charge in [-0.15, -0.1) is 0 Å². The summed E-state index contributed by atoms with van der Waals surface area (Å²) in [6, 6.07) is 7.89. The molecule has 0 aliphatic heterocycles. The third-order valence-electron chi connectivity index (χ3n) is 6.17. The molecule has 2 aliphatic carbocycles. The maximum absolute atomic E-state index is 13.1. The number of aromatic nitrogens is 1. The van der Waals surface area contributed by atoms with Gasteiger partial charge in [0, 0.05) is 30.1 Å². The highest BCUT2D eigenvalue weighted by atomic mass is 16.2. The predicted octanol–water partition coefficient (Wildman–Crippen LogP) is 3.40. The Hall–Kier alpha value is -2.43. The van der Waals surface area contributed by atoms with E-state index in [1.165, 1.54) is 0 Å². The van der Waals surface area contributed by atoms with Gasteiger partial charge in [0.1, 0.15) is 0 Å². The predicted molar refractivity (Wildman–Crippen MR) is 110 cm³/mol. The minimum Gasteiger partial charge on any atom is -0.354 e. The Labute approximate surface area is 166 Å². The van der Waals surface area contributed by atoms with Crippen LogP contribution in [0.25, 0.3) is 10.9 Å². The molecule has 0 radical (unpaired) electrons. The number of amides is 2. The molecule has 2 aromatic rings. The molecule has 148 valence electrons. The van der Waals surface area contributed by atoms with E-state index in [-0.39, 0.29) is 17.7 Å². The van der Waals surface area contributed by atoms with Crippen molar-refractivity contribution >= 4 is 22.7 Å². The van der Waals surface area contributed by atoms with Crippen molar-refractivity contribution < 1.29 is 9.59 Å². The van der Waals surface area contributed by atoms with Gasteiger partial charge < -0.3 is 10.6 Å². The van der Waals surface area contributed by atoms with Gasteiger partial charge in [-0.1, -0.05) is 38.0 Å². The van der Waals surface area contributed by atoms with Crippen molar-refractivity contribution in [2.75, 3.05) is 13.1 Å². The topological polar surface area (TPSA) is 71.1 Å². The van der Waals surface area contributed by atoms with E-state index in [2.05, 4.69) is 17.6 Å². The number of carbonyl (C=O) groups is 2. The molecule has 1 saturated carbocycles. The number of pyridine rings is 1. The van der Waals surface area contributed by atoms with E-state index < -0.39 is 0 Å². The molecule has 1 aromatic carbocycles. The van der Waals surface area contributed by atoms with Crippen molar-refractivity contribution in [3.05, 3.63) is 41.1 Å². The van der Waals surface area contributed by atoms with Crippen LogP contribution in [0.5, 0.6) is 0 Å². The molecule has 5 nitrogen and oxygen atoms in total. The summed E-state index contributed by atoms with van der Waals surface area (Å²) in [5.41, 5.74) is 3.83. The van der Waals surface area contributed by atoms with Crippen molar-refractivity contribution in [1.29, 1.82) is 0 Å². The fraction of sp³-hybridized carbons (Fsp3) is 0.522. The summed E-state index contributed by atoms with van der Waals surface area (Å²) in [4.78, 5) is 30.0. The van der Waals surface area contributed by atoms with Crippen LogP contribution in [0.4, 0.5) is 0 Å². The van der Waals surface area contributed by atoms with Crippen LogP contribution in [0.3, 0.4) is 0 Å². The van der Waals surface area contributed by atoms with Gasteiger partial charge >= 0.3 is 0 Å². The molecule has 1 atom stereocenters. The third-order valence-corrected chi connectivity index (χ3v) is 6.17. The first-order valence-corrected chi connectivity index (χ1v) is 10.6. The van der Waals surface area contributed by atoms with Crippen LogP contribution in [-0.2, 0) is 17.6 Å². The summed E-state index contributed by atoms with van der Waals surface area (Å²) in [7, 11) is 0. The Morgan fingerprint density at radius 2 is 1.82 bits per heavy atom. The molecule has 4 rings (SSSR count). The third kappa shape index (κ3) is 3.89. The van der Waals surface area contributed by atoms with Gasteiger partial charge in [-0.2, -0.15) is 0 Å². The highest BCUT2D eigenvalue weighted by molar-refractivity contribution is 6.07. The second-order valence-electron chi connectivity index (χ2n) is 8.31. The second-order valence-corrected chi connectivity index (χ2v) is 8.31. The molecule has 0 bridgehead atoms. The molecule has 0 saturated heterocycles. The molecule has 28 heavy (non-hydrogen) atoms. The summed E-state index contributed by atoms with van der Waals surface area (Å²) in [5.74, 6) is 0.799. The van der Waals surface area contributed by atoms with Crippen molar-refractivity contribution in [2.24, 2.45) is 11.8 Å². The highest BCUT2D eigenvalue weighted by Gasteiger charge is 2.25. The van der Waals surface area contributed by atoms with Gasteiger partial charge in [0.05, 0.1) is 11.1 Å². The van der Waals surface area contributed by atoms with Gasteiger partial charge in [0.15, 0.2) is 0 Å². The largest absolute Gasteiger partial charge is 0.354 e. The SMILES string of the molecule is CC1CCc2nc3ccccc3c(C(=O)NCCNC(=O)C3CCCC3)c2C1. The fourth-order valence-corrected chi connectivity index (χ4v) is 4.60. The molecule has 2 aliphatic rings. The van der Waals surface area contributed by atoms with Crippen LogP contribution < -0.4 is 10.6 Å². The Balaban J connectivity index is 1.47. The second kappa shape index (κ2) is 8.29. The van der Waals surface area contributed by atoms with Gasteiger partial charge in [-0.25, -0.2) is 0 Å². The summed E-state index contributed by atoms with van der Waals surface area (Å²) in [6.45, 7) is 3.15. The molecular formula is C23H29N3O2. The van der Waals surface area contributed by atoms with Crippen LogP contribution in [0, 0.1) is 11.8 Å².